The molecule has 1 unspecified atom stereocenters. The molecule has 0 aromatic carbocycles. The Labute approximate surface area is 92.8 Å². The third-order valence-electron chi connectivity index (χ3n) is 2.62. The predicted molar refractivity (Wildman–Crippen MR) is 60.5 cm³/mol. The topological polar surface area (TPSA) is 45.0 Å². The lowest BCUT2D eigenvalue weighted by Crippen LogP contribution is -2.42. The molecule has 1 aliphatic rings. The molecular formula is C12H22N2O. The standard InChI is InChI=1S/C12H22N2O/c1-10(2)15-8-4-7-12(3,9-13)14-11-5-6-11/h10-11,14H,4-8H2,1-3H3. The van der Waals surface area contributed by atoms with Gasteiger partial charge in [0.1, 0.15) is 5.54 Å². The second-order valence-corrected chi connectivity index (χ2v) is 4.89. The molecule has 3 nitrogen and oxygen atoms in total. The summed E-state index contributed by atoms with van der Waals surface area (Å²) in [7, 11) is 0. The van der Waals surface area contributed by atoms with E-state index in [1.54, 1.807) is 0 Å². The van der Waals surface area contributed by atoms with Crippen LogP contribution in [-0.2, 0) is 4.74 Å². The molecular weight excluding hydrogens is 188 g/mol. The molecule has 1 saturated carbocycles. The summed E-state index contributed by atoms with van der Waals surface area (Å²) in [6.45, 7) is 6.81. The van der Waals surface area contributed by atoms with Crippen molar-refractivity contribution in [2.24, 2.45) is 0 Å². The van der Waals surface area contributed by atoms with E-state index in [1.807, 2.05) is 20.8 Å². The van der Waals surface area contributed by atoms with Gasteiger partial charge in [-0.3, -0.25) is 5.32 Å². The van der Waals surface area contributed by atoms with E-state index in [2.05, 4.69) is 11.4 Å². The number of hydrogen-bond donors (Lipinski definition) is 1. The molecule has 1 rings (SSSR count). The van der Waals surface area contributed by atoms with Crippen molar-refractivity contribution < 1.29 is 4.74 Å². The summed E-state index contributed by atoms with van der Waals surface area (Å²) in [5, 5.41) is 12.5. The van der Waals surface area contributed by atoms with Crippen molar-refractivity contribution in [1.82, 2.24) is 5.32 Å². The SMILES string of the molecule is CC(C)OCCCC(C)(C#N)NC1CC1. The monoisotopic (exact) mass is 210 g/mol. The van der Waals surface area contributed by atoms with Crippen molar-refractivity contribution in [3.63, 3.8) is 0 Å². The van der Waals surface area contributed by atoms with Crippen LogP contribution in [0.1, 0.15) is 46.5 Å². The Morgan fingerprint density at radius 2 is 2.20 bits per heavy atom. The fraction of sp³-hybridized carbons (Fsp3) is 0.917. The van der Waals surface area contributed by atoms with Gasteiger partial charge >= 0.3 is 0 Å². The van der Waals surface area contributed by atoms with Crippen LogP contribution in [0.4, 0.5) is 0 Å². The summed E-state index contributed by atoms with van der Waals surface area (Å²) in [5.74, 6) is 0. The molecule has 1 aliphatic carbocycles. The first-order valence-electron chi connectivity index (χ1n) is 5.86. The third-order valence-corrected chi connectivity index (χ3v) is 2.62. The van der Waals surface area contributed by atoms with Crippen molar-refractivity contribution in [1.29, 1.82) is 5.26 Å². The lowest BCUT2D eigenvalue weighted by molar-refractivity contribution is 0.0732. The summed E-state index contributed by atoms with van der Waals surface area (Å²) in [5.41, 5.74) is -0.360. The summed E-state index contributed by atoms with van der Waals surface area (Å²) in [4.78, 5) is 0. The molecule has 1 fully saturated rings. The number of ether oxygens (including phenoxy) is 1. The van der Waals surface area contributed by atoms with Gasteiger partial charge in [-0.05, 0) is 46.5 Å². The van der Waals surface area contributed by atoms with Crippen molar-refractivity contribution in [3.8, 4) is 6.07 Å². The van der Waals surface area contributed by atoms with Gasteiger partial charge in [-0.2, -0.15) is 5.26 Å². The van der Waals surface area contributed by atoms with E-state index in [-0.39, 0.29) is 11.6 Å². The summed E-state index contributed by atoms with van der Waals surface area (Å²) >= 11 is 0. The quantitative estimate of drug-likeness (QED) is 0.655. The van der Waals surface area contributed by atoms with Crippen molar-refractivity contribution >= 4 is 0 Å². The first kappa shape index (κ1) is 12.5. The molecule has 0 saturated heterocycles. The van der Waals surface area contributed by atoms with Crippen LogP contribution in [0.25, 0.3) is 0 Å². The van der Waals surface area contributed by atoms with E-state index < -0.39 is 0 Å². The average Bonchev–Trinajstić information content (AvgIpc) is 2.96. The maximum absolute atomic E-state index is 9.12. The molecule has 1 N–H and O–H groups in total. The Morgan fingerprint density at radius 1 is 1.53 bits per heavy atom. The molecule has 15 heavy (non-hydrogen) atoms. The van der Waals surface area contributed by atoms with Gasteiger partial charge in [-0.25, -0.2) is 0 Å². The minimum atomic E-state index is -0.360. The fourth-order valence-electron chi connectivity index (χ4n) is 1.58. The zero-order valence-electron chi connectivity index (χ0n) is 10.0. The molecule has 0 aliphatic heterocycles. The Kier molecular flexibility index (Phi) is 4.56. The maximum Gasteiger partial charge on any atom is 0.104 e. The number of nitrogens with zero attached hydrogens (tertiary/aromatic N) is 1. The van der Waals surface area contributed by atoms with Gasteiger partial charge in [-0.1, -0.05) is 0 Å². The Bertz CT molecular complexity index is 230. The van der Waals surface area contributed by atoms with Crippen LogP contribution < -0.4 is 5.32 Å². The van der Waals surface area contributed by atoms with Crippen molar-refractivity contribution in [3.05, 3.63) is 0 Å². The molecule has 86 valence electrons. The highest BCUT2D eigenvalue weighted by atomic mass is 16.5. The van der Waals surface area contributed by atoms with Gasteiger partial charge < -0.3 is 4.74 Å². The Hall–Kier alpha value is -0.590. The van der Waals surface area contributed by atoms with Crippen molar-refractivity contribution in [2.75, 3.05) is 6.61 Å². The van der Waals surface area contributed by atoms with Gasteiger partial charge in [0.05, 0.1) is 12.2 Å². The lowest BCUT2D eigenvalue weighted by Gasteiger charge is -2.23. The van der Waals surface area contributed by atoms with Gasteiger partial charge in [-0.15, -0.1) is 0 Å². The number of hydrogen-bond acceptors (Lipinski definition) is 3. The molecule has 0 heterocycles. The number of nitrogens with one attached hydrogen (secondary N) is 1. The summed E-state index contributed by atoms with van der Waals surface area (Å²) in [6.07, 6.45) is 4.54. The third kappa shape index (κ3) is 5.15. The highest BCUT2D eigenvalue weighted by molar-refractivity contribution is 5.06. The van der Waals surface area contributed by atoms with Gasteiger partial charge in [0.15, 0.2) is 0 Å². The molecule has 0 amide bonds. The molecule has 0 spiro atoms. The fourth-order valence-corrected chi connectivity index (χ4v) is 1.58. The lowest BCUT2D eigenvalue weighted by atomic mass is 9.98. The minimum Gasteiger partial charge on any atom is -0.379 e. The maximum atomic E-state index is 9.12. The van der Waals surface area contributed by atoms with E-state index in [0.29, 0.717) is 6.04 Å². The Morgan fingerprint density at radius 3 is 2.67 bits per heavy atom. The summed E-state index contributed by atoms with van der Waals surface area (Å²) < 4.78 is 5.47. The molecule has 3 heteroatoms. The predicted octanol–water partition coefficient (Wildman–Crippen LogP) is 2.23. The molecule has 0 radical (unpaired) electrons. The molecule has 0 aromatic heterocycles. The van der Waals surface area contributed by atoms with E-state index in [9.17, 15) is 0 Å². The second kappa shape index (κ2) is 5.48. The average molecular weight is 210 g/mol. The van der Waals surface area contributed by atoms with Gasteiger partial charge in [0, 0.05) is 12.6 Å². The normalized spacial score (nSPS) is 19.9. The zero-order chi connectivity index (χ0) is 11.3. The first-order valence-corrected chi connectivity index (χ1v) is 5.86. The van der Waals surface area contributed by atoms with Crippen LogP contribution in [0.15, 0.2) is 0 Å². The molecule has 0 aromatic rings. The summed E-state index contributed by atoms with van der Waals surface area (Å²) in [6, 6.07) is 2.96. The van der Waals surface area contributed by atoms with Crippen LogP contribution in [-0.4, -0.2) is 24.3 Å². The smallest absolute Gasteiger partial charge is 0.104 e. The molecule has 1 atom stereocenters. The Balaban J connectivity index is 2.17. The highest BCUT2D eigenvalue weighted by Crippen LogP contribution is 2.24. The number of nitriles is 1. The second-order valence-electron chi connectivity index (χ2n) is 4.89. The zero-order valence-corrected chi connectivity index (χ0v) is 10.0. The van der Waals surface area contributed by atoms with Crippen LogP contribution in [0.5, 0.6) is 0 Å². The van der Waals surface area contributed by atoms with Crippen LogP contribution in [0, 0.1) is 11.3 Å². The van der Waals surface area contributed by atoms with E-state index in [1.165, 1.54) is 12.8 Å². The molecule has 0 bridgehead atoms. The largest absolute Gasteiger partial charge is 0.379 e. The minimum absolute atomic E-state index is 0.287. The van der Waals surface area contributed by atoms with Crippen molar-refractivity contribution in [2.45, 2.75) is 64.1 Å². The van der Waals surface area contributed by atoms with Gasteiger partial charge in [0.2, 0.25) is 0 Å². The van der Waals surface area contributed by atoms with E-state index >= 15 is 0 Å². The van der Waals surface area contributed by atoms with E-state index in [4.69, 9.17) is 10.00 Å². The first-order chi connectivity index (χ1) is 7.06. The highest BCUT2D eigenvalue weighted by Gasteiger charge is 2.31. The van der Waals surface area contributed by atoms with Gasteiger partial charge in [0.25, 0.3) is 0 Å². The van der Waals surface area contributed by atoms with Crippen LogP contribution >= 0.6 is 0 Å². The van der Waals surface area contributed by atoms with E-state index in [0.717, 1.165) is 19.4 Å². The number of rotatable bonds is 7. The van der Waals surface area contributed by atoms with Crippen LogP contribution in [0.3, 0.4) is 0 Å². The van der Waals surface area contributed by atoms with Crippen LogP contribution in [0.2, 0.25) is 0 Å².